The molecule has 0 N–H and O–H groups in total. The normalized spacial score (nSPS) is 13.1. The number of hydrogen-bond acceptors (Lipinski definition) is 2. The molecule has 0 fully saturated rings. The molecule has 3 aromatic rings. The van der Waals surface area contributed by atoms with E-state index in [-0.39, 0.29) is 0 Å². The van der Waals surface area contributed by atoms with Crippen molar-refractivity contribution in [1.82, 2.24) is 0 Å². The average molecular weight is 296 g/mol. The smallest absolute Gasteiger partial charge is 0.328 e. The summed E-state index contributed by atoms with van der Waals surface area (Å²) in [6.07, 6.45) is 0. The second kappa shape index (κ2) is 5.98. The van der Waals surface area contributed by atoms with Crippen molar-refractivity contribution < 1.29 is 8.85 Å². The molecule has 1 atom stereocenters. The standard InChI is InChI=1S/C18H20O2Si/c1-13(21(19-2)20-3)17-10-6-9-16-11-14-7-4-5-8-15(14)12-18(16)17/h4-13,21H,1-3H3. The van der Waals surface area contributed by atoms with E-state index in [1.54, 1.807) is 14.2 Å². The van der Waals surface area contributed by atoms with Crippen LogP contribution in [0.4, 0.5) is 0 Å². The second-order valence-corrected chi connectivity index (χ2v) is 8.08. The minimum atomic E-state index is -1.68. The maximum atomic E-state index is 5.57. The highest BCUT2D eigenvalue weighted by molar-refractivity contribution is 6.46. The fourth-order valence-electron chi connectivity index (χ4n) is 3.04. The van der Waals surface area contributed by atoms with Crippen LogP contribution in [0, 0.1) is 0 Å². The molecule has 108 valence electrons. The molecule has 0 aliphatic carbocycles. The van der Waals surface area contributed by atoms with E-state index in [4.69, 9.17) is 8.85 Å². The lowest BCUT2D eigenvalue weighted by atomic mass is 9.98. The number of hydrogen-bond donors (Lipinski definition) is 0. The Kier molecular flexibility index (Phi) is 4.06. The van der Waals surface area contributed by atoms with Crippen molar-refractivity contribution in [1.29, 1.82) is 0 Å². The zero-order valence-corrected chi connectivity index (χ0v) is 13.8. The van der Waals surface area contributed by atoms with Crippen molar-refractivity contribution in [3.05, 3.63) is 60.2 Å². The Morgan fingerprint density at radius 3 is 2.10 bits per heavy atom. The van der Waals surface area contributed by atoms with Gasteiger partial charge in [-0.3, -0.25) is 0 Å². The van der Waals surface area contributed by atoms with Gasteiger partial charge in [-0.1, -0.05) is 49.4 Å². The molecule has 1 unspecified atom stereocenters. The molecule has 0 aromatic heterocycles. The van der Waals surface area contributed by atoms with Crippen LogP contribution in [0.2, 0.25) is 0 Å². The third-order valence-electron chi connectivity index (χ3n) is 4.14. The maximum absolute atomic E-state index is 5.57. The Labute approximate surface area is 127 Å². The largest absolute Gasteiger partial charge is 0.400 e. The Balaban J connectivity index is 2.21. The summed E-state index contributed by atoms with van der Waals surface area (Å²) in [7, 11) is 1.81. The van der Waals surface area contributed by atoms with Gasteiger partial charge in [0.1, 0.15) is 0 Å². The lowest BCUT2D eigenvalue weighted by molar-refractivity contribution is 0.269. The van der Waals surface area contributed by atoms with Gasteiger partial charge in [-0.2, -0.15) is 0 Å². The molecule has 0 radical (unpaired) electrons. The van der Waals surface area contributed by atoms with Crippen LogP contribution in [0.1, 0.15) is 18.0 Å². The summed E-state index contributed by atoms with van der Waals surface area (Å²) in [6.45, 7) is 2.20. The van der Waals surface area contributed by atoms with Crippen molar-refractivity contribution >= 4 is 30.8 Å². The second-order valence-electron chi connectivity index (χ2n) is 5.40. The van der Waals surface area contributed by atoms with Gasteiger partial charge in [0.25, 0.3) is 0 Å². The van der Waals surface area contributed by atoms with E-state index >= 15 is 0 Å². The van der Waals surface area contributed by atoms with E-state index in [0.29, 0.717) is 5.54 Å². The van der Waals surface area contributed by atoms with E-state index < -0.39 is 9.28 Å². The Hall–Kier alpha value is -1.68. The molecule has 2 nitrogen and oxygen atoms in total. The van der Waals surface area contributed by atoms with E-state index in [1.807, 2.05) is 0 Å². The highest BCUT2D eigenvalue weighted by Gasteiger charge is 2.23. The van der Waals surface area contributed by atoms with Gasteiger partial charge in [-0.15, -0.1) is 0 Å². The number of rotatable bonds is 4. The van der Waals surface area contributed by atoms with Gasteiger partial charge >= 0.3 is 9.28 Å². The molecule has 0 saturated carbocycles. The van der Waals surface area contributed by atoms with Crippen LogP contribution in [0.15, 0.2) is 54.6 Å². The predicted molar refractivity (Wildman–Crippen MR) is 91.0 cm³/mol. The highest BCUT2D eigenvalue weighted by Crippen LogP contribution is 2.30. The molecular weight excluding hydrogens is 276 g/mol. The molecule has 3 aromatic carbocycles. The summed E-state index contributed by atoms with van der Waals surface area (Å²) in [5.74, 6) is 0. The van der Waals surface area contributed by atoms with Gasteiger partial charge in [0.2, 0.25) is 0 Å². The van der Waals surface area contributed by atoms with Crippen LogP contribution in [-0.4, -0.2) is 23.5 Å². The average Bonchev–Trinajstić information content (AvgIpc) is 2.53. The molecule has 3 heteroatoms. The van der Waals surface area contributed by atoms with E-state index in [0.717, 1.165) is 0 Å². The monoisotopic (exact) mass is 296 g/mol. The molecule has 0 amide bonds. The van der Waals surface area contributed by atoms with E-state index in [2.05, 4.69) is 61.5 Å². The Morgan fingerprint density at radius 1 is 0.810 bits per heavy atom. The van der Waals surface area contributed by atoms with E-state index in [9.17, 15) is 0 Å². The zero-order chi connectivity index (χ0) is 14.8. The van der Waals surface area contributed by atoms with Crippen LogP contribution in [0.25, 0.3) is 21.5 Å². The first kappa shape index (κ1) is 14.3. The lowest BCUT2D eigenvalue weighted by Gasteiger charge is -2.21. The fourth-order valence-corrected chi connectivity index (χ4v) is 4.63. The fraction of sp³-hybridized carbons (Fsp3) is 0.222. The summed E-state index contributed by atoms with van der Waals surface area (Å²) in [6, 6.07) is 19.5. The summed E-state index contributed by atoms with van der Waals surface area (Å²) in [4.78, 5) is 0. The van der Waals surface area contributed by atoms with Crippen molar-refractivity contribution in [2.45, 2.75) is 12.5 Å². The molecule has 3 rings (SSSR count). The predicted octanol–water partition coefficient (Wildman–Crippen LogP) is 4.15. The molecule has 0 heterocycles. The maximum Gasteiger partial charge on any atom is 0.328 e. The van der Waals surface area contributed by atoms with Gasteiger partial charge in [0.15, 0.2) is 0 Å². The molecule has 0 bridgehead atoms. The molecule has 0 saturated heterocycles. The minimum Gasteiger partial charge on any atom is -0.400 e. The van der Waals surface area contributed by atoms with E-state index in [1.165, 1.54) is 27.1 Å². The van der Waals surface area contributed by atoms with Crippen molar-refractivity contribution in [2.24, 2.45) is 0 Å². The van der Waals surface area contributed by atoms with Crippen LogP contribution >= 0.6 is 0 Å². The summed E-state index contributed by atoms with van der Waals surface area (Å²) in [5, 5.41) is 5.13. The zero-order valence-electron chi connectivity index (χ0n) is 12.7. The van der Waals surface area contributed by atoms with Gasteiger partial charge in [-0.05, 0) is 39.2 Å². The summed E-state index contributed by atoms with van der Waals surface area (Å²) < 4.78 is 11.1. The van der Waals surface area contributed by atoms with Crippen LogP contribution in [0.5, 0.6) is 0 Å². The Bertz CT molecular complexity index is 765. The summed E-state index contributed by atoms with van der Waals surface area (Å²) >= 11 is 0. The lowest BCUT2D eigenvalue weighted by Crippen LogP contribution is -2.27. The molecule has 0 aliphatic rings. The molecule has 0 aliphatic heterocycles. The molecule has 0 spiro atoms. The molecular formula is C18H20O2Si. The highest BCUT2D eigenvalue weighted by atomic mass is 28.3. The third-order valence-corrected chi connectivity index (χ3v) is 6.25. The summed E-state index contributed by atoms with van der Waals surface area (Å²) in [5.41, 5.74) is 1.63. The Morgan fingerprint density at radius 2 is 1.43 bits per heavy atom. The van der Waals surface area contributed by atoms with Crippen LogP contribution < -0.4 is 0 Å². The first-order chi connectivity index (χ1) is 10.2. The number of benzene rings is 3. The van der Waals surface area contributed by atoms with Crippen molar-refractivity contribution in [3.63, 3.8) is 0 Å². The van der Waals surface area contributed by atoms with Crippen molar-refractivity contribution in [2.75, 3.05) is 14.2 Å². The van der Waals surface area contributed by atoms with Crippen LogP contribution in [-0.2, 0) is 8.85 Å². The number of fused-ring (bicyclic) bond motifs is 2. The topological polar surface area (TPSA) is 18.5 Å². The minimum absolute atomic E-state index is 0.310. The van der Waals surface area contributed by atoms with Gasteiger partial charge in [0.05, 0.1) is 0 Å². The van der Waals surface area contributed by atoms with Gasteiger partial charge in [0, 0.05) is 19.8 Å². The van der Waals surface area contributed by atoms with Crippen LogP contribution in [0.3, 0.4) is 0 Å². The third kappa shape index (κ3) is 2.60. The first-order valence-electron chi connectivity index (χ1n) is 7.21. The quantitative estimate of drug-likeness (QED) is 0.532. The first-order valence-corrected chi connectivity index (χ1v) is 8.82. The van der Waals surface area contributed by atoms with Gasteiger partial charge < -0.3 is 8.85 Å². The molecule has 21 heavy (non-hydrogen) atoms. The van der Waals surface area contributed by atoms with Crippen molar-refractivity contribution in [3.8, 4) is 0 Å². The SMILES string of the molecule is CO[SiH](OC)C(C)c1cccc2cc3ccccc3cc12. The van der Waals surface area contributed by atoms with Gasteiger partial charge in [-0.25, -0.2) is 0 Å².